The normalized spacial score (nSPS) is 13.3. The Labute approximate surface area is 150 Å². The van der Waals surface area contributed by atoms with Crippen LogP contribution in [0.15, 0.2) is 42.5 Å². The van der Waals surface area contributed by atoms with Crippen molar-refractivity contribution in [3.8, 4) is 0 Å². The maximum absolute atomic E-state index is 9.68. The van der Waals surface area contributed by atoms with Gasteiger partial charge in [-0.1, -0.05) is 0 Å². The molecule has 2 aliphatic rings. The Hall–Kier alpha value is -3.18. The molecule has 0 spiro atoms. The summed E-state index contributed by atoms with van der Waals surface area (Å²) in [6.45, 7) is -0.0154. The molecule has 5 nitrogen and oxygen atoms in total. The van der Waals surface area contributed by atoms with Crippen LogP contribution in [0, 0.1) is 0 Å². The molecule has 0 radical (unpaired) electrons. The van der Waals surface area contributed by atoms with Gasteiger partial charge in [0.05, 0.1) is 18.0 Å². The SMILES string of the molecule is OCc1cc2cc3nc(cc4ccc(cc5nc(cc1[nH]2)C=C5)[nH]4)CC3. The van der Waals surface area contributed by atoms with Gasteiger partial charge >= 0.3 is 0 Å². The van der Waals surface area contributed by atoms with E-state index >= 15 is 0 Å². The zero-order valence-electron chi connectivity index (χ0n) is 14.2. The molecule has 0 aromatic carbocycles. The predicted octanol–water partition coefficient (Wildman–Crippen LogP) is 3.76. The van der Waals surface area contributed by atoms with Gasteiger partial charge in [-0.05, 0) is 67.5 Å². The Kier molecular flexibility index (Phi) is 3.47. The first-order valence-electron chi connectivity index (χ1n) is 8.73. The fourth-order valence-electron chi connectivity index (χ4n) is 3.46. The van der Waals surface area contributed by atoms with Crippen LogP contribution in [0.2, 0.25) is 0 Å². The Morgan fingerprint density at radius 2 is 1.46 bits per heavy atom. The highest BCUT2D eigenvalue weighted by molar-refractivity contribution is 5.75. The lowest BCUT2D eigenvalue weighted by Gasteiger charge is -1.89. The number of hydrogen-bond donors (Lipinski definition) is 3. The Morgan fingerprint density at radius 1 is 0.769 bits per heavy atom. The zero-order valence-corrected chi connectivity index (χ0v) is 14.2. The molecule has 0 unspecified atom stereocenters. The van der Waals surface area contributed by atoms with E-state index in [1.807, 2.05) is 30.4 Å². The molecule has 0 saturated carbocycles. The molecule has 128 valence electrons. The van der Waals surface area contributed by atoms with Crippen LogP contribution < -0.4 is 0 Å². The lowest BCUT2D eigenvalue weighted by molar-refractivity contribution is 0.283. The number of rotatable bonds is 1. The van der Waals surface area contributed by atoms with Crippen molar-refractivity contribution in [2.75, 3.05) is 0 Å². The van der Waals surface area contributed by atoms with E-state index in [0.717, 1.165) is 63.2 Å². The standard InChI is InChI=1S/C21H18N4O/c26-12-13-7-20-10-18-4-3-16(23-18)8-14-1-2-15(22-14)9-17-5-6-19(24-17)11-21(13)25-20/h1-2,5-11,22,25-26H,3-4,12H2. The van der Waals surface area contributed by atoms with Crippen LogP contribution in [-0.2, 0) is 19.4 Å². The molecule has 5 rings (SSSR count). The molecule has 5 heterocycles. The number of hydrogen-bond acceptors (Lipinski definition) is 3. The number of aliphatic hydroxyl groups excluding tert-OH is 1. The van der Waals surface area contributed by atoms with Crippen molar-refractivity contribution < 1.29 is 5.11 Å². The smallest absolute Gasteiger partial charge is 0.0702 e. The molecule has 5 heteroatoms. The Balaban J connectivity index is 1.85. The maximum atomic E-state index is 9.68. The molecule has 26 heavy (non-hydrogen) atoms. The monoisotopic (exact) mass is 342 g/mol. The number of fused-ring (bicyclic) bond motifs is 8. The number of nitrogens with zero attached hydrogens (tertiary/aromatic N) is 2. The van der Waals surface area contributed by atoms with Crippen molar-refractivity contribution in [3.63, 3.8) is 0 Å². The van der Waals surface area contributed by atoms with Gasteiger partial charge in [-0.2, -0.15) is 0 Å². The lowest BCUT2D eigenvalue weighted by Crippen LogP contribution is -1.79. The molecule has 0 saturated heterocycles. The molecule has 0 aliphatic carbocycles. The van der Waals surface area contributed by atoms with Crippen LogP contribution >= 0.6 is 0 Å². The topological polar surface area (TPSA) is 77.6 Å². The van der Waals surface area contributed by atoms with Crippen molar-refractivity contribution in [1.82, 2.24) is 19.9 Å². The quantitative estimate of drug-likeness (QED) is 0.493. The summed E-state index contributed by atoms with van der Waals surface area (Å²) in [6.07, 6.45) is 5.83. The molecular formula is C21H18N4O. The number of aryl methyl sites for hydroxylation is 2. The zero-order chi connectivity index (χ0) is 17.5. The minimum Gasteiger partial charge on any atom is -0.392 e. The van der Waals surface area contributed by atoms with Gasteiger partial charge in [0.25, 0.3) is 0 Å². The maximum Gasteiger partial charge on any atom is 0.0702 e. The Bertz CT molecular complexity index is 1180. The van der Waals surface area contributed by atoms with E-state index in [4.69, 9.17) is 4.98 Å². The van der Waals surface area contributed by atoms with Crippen molar-refractivity contribution in [3.05, 3.63) is 70.8 Å². The molecular weight excluding hydrogens is 324 g/mol. The van der Waals surface area contributed by atoms with Crippen molar-refractivity contribution in [1.29, 1.82) is 0 Å². The van der Waals surface area contributed by atoms with Crippen molar-refractivity contribution in [2.24, 2.45) is 0 Å². The number of H-pyrrole nitrogens is 2. The first-order valence-corrected chi connectivity index (χ1v) is 8.73. The molecule has 3 aromatic rings. The van der Waals surface area contributed by atoms with Gasteiger partial charge in [0.15, 0.2) is 0 Å². The van der Waals surface area contributed by atoms with Crippen LogP contribution in [0.25, 0.3) is 34.2 Å². The van der Waals surface area contributed by atoms with Crippen LogP contribution in [0.5, 0.6) is 0 Å². The van der Waals surface area contributed by atoms with E-state index in [0.29, 0.717) is 0 Å². The second-order valence-corrected chi connectivity index (χ2v) is 6.66. The summed E-state index contributed by atoms with van der Waals surface area (Å²) in [6, 6.07) is 14.2. The molecule has 0 atom stereocenters. The minimum atomic E-state index is -0.0154. The summed E-state index contributed by atoms with van der Waals surface area (Å²) in [5, 5.41) is 9.68. The summed E-state index contributed by atoms with van der Waals surface area (Å²) < 4.78 is 0. The molecule has 3 aromatic heterocycles. The van der Waals surface area contributed by atoms with Gasteiger partial charge in [-0.25, -0.2) is 4.98 Å². The fourth-order valence-corrected chi connectivity index (χ4v) is 3.46. The fraction of sp³-hybridized carbons (Fsp3) is 0.143. The van der Waals surface area contributed by atoms with E-state index in [1.165, 1.54) is 0 Å². The van der Waals surface area contributed by atoms with Gasteiger partial charge in [-0.3, -0.25) is 4.98 Å². The number of aliphatic hydroxyl groups is 1. The van der Waals surface area contributed by atoms with Crippen LogP contribution in [-0.4, -0.2) is 25.0 Å². The second kappa shape index (κ2) is 5.97. The van der Waals surface area contributed by atoms with Gasteiger partial charge in [0.1, 0.15) is 0 Å². The highest BCUT2D eigenvalue weighted by Gasteiger charge is 2.07. The highest BCUT2D eigenvalue weighted by atomic mass is 16.3. The van der Waals surface area contributed by atoms with Gasteiger partial charge < -0.3 is 15.1 Å². The third kappa shape index (κ3) is 2.82. The minimum absolute atomic E-state index is 0.0154. The summed E-state index contributed by atoms with van der Waals surface area (Å²) >= 11 is 0. The van der Waals surface area contributed by atoms with E-state index in [9.17, 15) is 5.11 Å². The Morgan fingerprint density at radius 3 is 2.23 bits per heavy atom. The molecule has 8 bridgehead atoms. The van der Waals surface area contributed by atoms with Crippen molar-refractivity contribution in [2.45, 2.75) is 19.4 Å². The molecule has 3 N–H and O–H groups in total. The van der Waals surface area contributed by atoms with E-state index < -0.39 is 0 Å². The first-order chi connectivity index (χ1) is 12.7. The molecule has 2 aliphatic heterocycles. The summed E-state index contributed by atoms with van der Waals surface area (Å²) in [7, 11) is 0. The van der Waals surface area contributed by atoms with Gasteiger partial charge in [0.2, 0.25) is 0 Å². The van der Waals surface area contributed by atoms with Crippen LogP contribution in [0.1, 0.15) is 28.3 Å². The van der Waals surface area contributed by atoms with Crippen LogP contribution in [0.4, 0.5) is 0 Å². The summed E-state index contributed by atoms with van der Waals surface area (Å²) in [5.74, 6) is 0. The van der Waals surface area contributed by atoms with Crippen LogP contribution in [0.3, 0.4) is 0 Å². The van der Waals surface area contributed by atoms with E-state index in [-0.39, 0.29) is 6.61 Å². The molecule has 0 fully saturated rings. The van der Waals surface area contributed by atoms with Gasteiger partial charge in [0, 0.05) is 39.0 Å². The van der Waals surface area contributed by atoms with Gasteiger partial charge in [-0.15, -0.1) is 0 Å². The molecule has 0 amide bonds. The first kappa shape index (κ1) is 15.1. The number of aromatic amines is 2. The highest BCUT2D eigenvalue weighted by Crippen LogP contribution is 2.19. The lowest BCUT2D eigenvalue weighted by atomic mass is 10.2. The van der Waals surface area contributed by atoms with E-state index in [2.05, 4.69) is 39.2 Å². The third-order valence-corrected chi connectivity index (χ3v) is 4.70. The van der Waals surface area contributed by atoms with Crippen molar-refractivity contribution >= 4 is 34.2 Å². The third-order valence-electron chi connectivity index (χ3n) is 4.70. The average Bonchev–Trinajstić information content (AvgIpc) is 3.39. The number of aromatic nitrogens is 4. The second-order valence-electron chi connectivity index (χ2n) is 6.66. The average molecular weight is 342 g/mol. The predicted molar refractivity (Wildman–Crippen MR) is 103 cm³/mol. The summed E-state index contributed by atoms with van der Waals surface area (Å²) in [4.78, 5) is 16.1. The summed E-state index contributed by atoms with van der Waals surface area (Å²) in [5.41, 5.74) is 8.64. The van der Waals surface area contributed by atoms with E-state index in [1.54, 1.807) is 0 Å². The largest absolute Gasteiger partial charge is 0.392 e. The number of nitrogens with one attached hydrogen (secondary N) is 2.